The molecule has 0 aliphatic carbocycles. The monoisotopic (exact) mass is 296 g/mol. The summed E-state index contributed by atoms with van der Waals surface area (Å²) in [5.74, 6) is -0.687. The number of unbranched alkanes of at least 4 members (excludes halogenated alkanes) is 5. The Morgan fingerprint density at radius 3 is 2.38 bits per heavy atom. The minimum atomic E-state index is -0.687. The first-order valence-corrected chi connectivity index (χ1v) is 8.36. The summed E-state index contributed by atoms with van der Waals surface area (Å²) in [6.45, 7) is 2.09. The molecular weight excluding hydrogens is 264 g/mol. The lowest BCUT2D eigenvalue weighted by molar-refractivity contribution is -0.137. The molecule has 0 radical (unpaired) electrons. The number of allylic oxidation sites excluding steroid dienone is 3. The number of carboxylic acids is 1. The van der Waals surface area contributed by atoms with E-state index in [1.54, 1.807) is 0 Å². The number of rotatable bonds is 14. The second kappa shape index (κ2) is 15.3. The minimum Gasteiger partial charge on any atom is -0.481 e. The molecule has 0 saturated heterocycles. The number of carbonyl (C=O) groups is 1. The quantitative estimate of drug-likeness (QED) is 0.355. The second-order valence-corrected chi connectivity index (χ2v) is 5.56. The molecule has 1 unspecified atom stereocenters. The van der Waals surface area contributed by atoms with Crippen LogP contribution in [-0.2, 0) is 4.79 Å². The zero-order valence-corrected chi connectivity index (χ0v) is 13.5. The zero-order valence-electron chi connectivity index (χ0n) is 13.5. The van der Waals surface area contributed by atoms with Crippen molar-refractivity contribution in [3.05, 3.63) is 24.3 Å². The van der Waals surface area contributed by atoms with Crippen LogP contribution in [-0.4, -0.2) is 22.3 Å². The molecule has 0 rings (SSSR count). The van der Waals surface area contributed by atoms with Gasteiger partial charge in [0.2, 0.25) is 0 Å². The molecule has 122 valence electrons. The summed E-state index contributed by atoms with van der Waals surface area (Å²) in [5, 5.41) is 18.0. The molecule has 0 saturated carbocycles. The Balaban J connectivity index is 3.29. The normalized spacial score (nSPS) is 13.2. The van der Waals surface area contributed by atoms with Crippen molar-refractivity contribution in [1.29, 1.82) is 0 Å². The van der Waals surface area contributed by atoms with Crippen LogP contribution in [0.2, 0.25) is 0 Å². The van der Waals surface area contributed by atoms with Crippen molar-refractivity contribution in [1.82, 2.24) is 0 Å². The molecule has 0 aromatic rings. The highest BCUT2D eigenvalue weighted by Gasteiger charge is 1.97. The van der Waals surface area contributed by atoms with E-state index in [1.807, 2.05) is 0 Å². The lowest BCUT2D eigenvalue weighted by Crippen LogP contribution is -2.02. The van der Waals surface area contributed by atoms with Crippen molar-refractivity contribution in [3.8, 4) is 0 Å². The summed E-state index contributed by atoms with van der Waals surface area (Å²) >= 11 is 0. The molecule has 3 nitrogen and oxygen atoms in total. The molecule has 21 heavy (non-hydrogen) atoms. The fourth-order valence-corrected chi connectivity index (χ4v) is 2.16. The molecule has 0 heterocycles. The number of aliphatic hydroxyl groups is 1. The highest BCUT2D eigenvalue weighted by Crippen LogP contribution is 2.08. The maximum atomic E-state index is 10.3. The van der Waals surface area contributed by atoms with E-state index in [0.717, 1.165) is 51.4 Å². The van der Waals surface area contributed by atoms with Gasteiger partial charge in [0, 0.05) is 6.42 Å². The molecular formula is C18H32O3. The van der Waals surface area contributed by atoms with Crippen LogP contribution in [0.1, 0.15) is 77.6 Å². The third-order valence-corrected chi connectivity index (χ3v) is 3.40. The molecule has 0 fully saturated rings. The number of carboxylic acid groups (broad SMARTS) is 1. The van der Waals surface area contributed by atoms with Gasteiger partial charge in [-0.05, 0) is 38.5 Å². The molecule has 0 aliphatic heterocycles. The zero-order chi connectivity index (χ0) is 15.8. The fourth-order valence-electron chi connectivity index (χ4n) is 2.16. The lowest BCUT2D eigenvalue weighted by atomic mass is 10.1. The molecule has 0 amide bonds. The van der Waals surface area contributed by atoms with E-state index < -0.39 is 5.97 Å². The molecule has 0 aromatic carbocycles. The standard InChI is InChI=1S/C18H32O3/c1-2-14-17(19)15-12-10-8-6-4-3-5-7-9-11-13-16-18(20)21/h4,6,10,12,17,19H,2-3,5,7-9,11,13-16H2,1H3,(H,20,21)/b6-4-,12-10-. The van der Waals surface area contributed by atoms with Gasteiger partial charge in [-0.15, -0.1) is 0 Å². The SMILES string of the molecule is CCCC(O)C/C=C\C/C=C\CCCCCCCC(=O)O. The second-order valence-electron chi connectivity index (χ2n) is 5.56. The van der Waals surface area contributed by atoms with Gasteiger partial charge in [0.15, 0.2) is 0 Å². The summed E-state index contributed by atoms with van der Waals surface area (Å²) in [4.78, 5) is 10.3. The first-order valence-electron chi connectivity index (χ1n) is 8.36. The van der Waals surface area contributed by atoms with Crippen LogP contribution in [0.3, 0.4) is 0 Å². The van der Waals surface area contributed by atoms with Crippen LogP contribution in [0.15, 0.2) is 24.3 Å². The van der Waals surface area contributed by atoms with Gasteiger partial charge in [-0.2, -0.15) is 0 Å². The van der Waals surface area contributed by atoms with Gasteiger partial charge in [-0.3, -0.25) is 4.79 Å². The van der Waals surface area contributed by atoms with Crippen molar-refractivity contribution in [3.63, 3.8) is 0 Å². The highest BCUT2D eigenvalue weighted by atomic mass is 16.4. The molecule has 0 bridgehead atoms. The average molecular weight is 296 g/mol. The van der Waals surface area contributed by atoms with Crippen molar-refractivity contribution in [2.75, 3.05) is 0 Å². The smallest absolute Gasteiger partial charge is 0.303 e. The van der Waals surface area contributed by atoms with Crippen LogP contribution in [0.5, 0.6) is 0 Å². The van der Waals surface area contributed by atoms with E-state index in [9.17, 15) is 9.90 Å². The Hall–Kier alpha value is -1.09. The average Bonchev–Trinajstić information content (AvgIpc) is 2.44. The van der Waals surface area contributed by atoms with E-state index in [4.69, 9.17) is 5.11 Å². The van der Waals surface area contributed by atoms with E-state index in [1.165, 1.54) is 12.8 Å². The van der Waals surface area contributed by atoms with Crippen LogP contribution in [0.25, 0.3) is 0 Å². The third-order valence-electron chi connectivity index (χ3n) is 3.40. The van der Waals surface area contributed by atoms with Gasteiger partial charge in [0.05, 0.1) is 6.10 Å². The van der Waals surface area contributed by atoms with Crippen molar-refractivity contribution < 1.29 is 15.0 Å². The van der Waals surface area contributed by atoms with Gasteiger partial charge in [-0.25, -0.2) is 0 Å². The maximum Gasteiger partial charge on any atom is 0.303 e. The Morgan fingerprint density at radius 2 is 1.67 bits per heavy atom. The number of aliphatic carboxylic acids is 1. The summed E-state index contributed by atoms with van der Waals surface area (Å²) in [6, 6.07) is 0. The molecule has 0 spiro atoms. The van der Waals surface area contributed by atoms with Gasteiger partial charge < -0.3 is 10.2 Å². The van der Waals surface area contributed by atoms with Crippen LogP contribution < -0.4 is 0 Å². The van der Waals surface area contributed by atoms with E-state index in [2.05, 4.69) is 31.2 Å². The van der Waals surface area contributed by atoms with Crippen molar-refractivity contribution >= 4 is 5.97 Å². The summed E-state index contributed by atoms with van der Waals surface area (Å²) in [6.07, 6.45) is 18.7. The van der Waals surface area contributed by atoms with Crippen LogP contribution >= 0.6 is 0 Å². The summed E-state index contributed by atoms with van der Waals surface area (Å²) in [5.41, 5.74) is 0. The number of hydrogen-bond acceptors (Lipinski definition) is 2. The molecule has 3 heteroatoms. The maximum absolute atomic E-state index is 10.3. The fraction of sp³-hybridized carbons (Fsp3) is 0.722. The molecule has 0 aromatic heterocycles. The summed E-state index contributed by atoms with van der Waals surface area (Å²) < 4.78 is 0. The van der Waals surface area contributed by atoms with Gasteiger partial charge >= 0.3 is 5.97 Å². The van der Waals surface area contributed by atoms with E-state index >= 15 is 0 Å². The Morgan fingerprint density at radius 1 is 1.00 bits per heavy atom. The topological polar surface area (TPSA) is 57.5 Å². The first-order chi connectivity index (χ1) is 10.2. The predicted octanol–water partition coefficient (Wildman–Crippen LogP) is 4.86. The Kier molecular flexibility index (Phi) is 14.5. The van der Waals surface area contributed by atoms with Gasteiger partial charge in [-0.1, -0.05) is 56.9 Å². The molecule has 2 N–H and O–H groups in total. The Labute approximate surface area is 129 Å². The Bertz CT molecular complexity index is 295. The predicted molar refractivity (Wildman–Crippen MR) is 88.4 cm³/mol. The summed E-state index contributed by atoms with van der Waals surface area (Å²) in [7, 11) is 0. The van der Waals surface area contributed by atoms with Gasteiger partial charge in [0.1, 0.15) is 0 Å². The van der Waals surface area contributed by atoms with E-state index in [0.29, 0.717) is 6.42 Å². The number of aliphatic hydroxyl groups excluding tert-OH is 1. The largest absolute Gasteiger partial charge is 0.481 e. The number of hydrogen-bond donors (Lipinski definition) is 2. The third kappa shape index (κ3) is 16.9. The van der Waals surface area contributed by atoms with Crippen LogP contribution in [0, 0.1) is 0 Å². The van der Waals surface area contributed by atoms with Crippen molar-refractivity contribution in [2.24, 2.45) is 0 Å². The minimum absolute atomic E-state index is 0.184. The molecule has 1 atom stereocenters. The lowest BCUT2D eigenvalue weighted by Gasteiger charge is -2.03. The highest BCUT2D eigenvalue weighted by molar-refractivity contribution is 5.66. The molecule has 0 aliphatic rings. The van der Waals surface area contributed by atoms with Crippen LogP contribution in [0.4, 0.5) is 0 Å². The van der Waals surface area contributed by atoms with Crippen molar-refractivity contribution in [2.45, 2.75) is 83.7 Å². The van der Waals surface area contributed by atoms with E-state index in [-0.39, 0.29) is 6.10 Å². The first kappa shape index (κ1) is 19.9. The van der Waals surface area contributed by atoms with Gasteiger partial charge in [0.25, 0.3) is 0 Å².